The van der Waals surface area contributed by atoms with Crippen LogP contribution in [0.25, 0.3) is 0 Å². The van der Waals surface area contributed by atoms with Crippen LogP contribution in [0.1, 0.15) is 0 Å². The van der Waals surface area contributed by atoms with Gasteiger partial charge in [0, 0.05) is 12.1 Å². The maximum absolute atomic E-state index is 11.8. The fourth-order valence-corrected chi connectivity index (χ4v) is 3.13. The van der Waals surface area contributed by atoms with Gasteiger partial charge in [-0.05, 0) is 36.4 Å². The summed E-state index contributed by atoms with van der Waals surface area (Å²) < 4.78 is 0.542. The molecule has 0 unspecified atom stereocenters. The Balaban J connectivity index is 1.73. The van der Waals surface area contributed by atoms with Crippen molar-refractivity contribution in [3.8, 4) is 0 Å². The summed E-state index contributed by atoms with van der Waals surface area (Å²) in [5.41, 5.74) is 1.81. The fraction of sp³-hybridized carbons (Fsp3) is 0.0667. The van der Waals surface area contributed by atoms with Gasteiger partial charge in [-0.15, -0.1) is 0 Å². The number of nitro groups is 1. The van der Waals surface area contributed by atoms with Gasteiger partial charge in [0.25, 0.3) is 5.69 Å². The monoisotopic (exact) mass is 358 g/mol. The average Bonchev–Trinajstić information content (AvgIpc) is 2.92. The zero-order valence-corrected chi connectivity index (χ0v) is 13.8. The molecule has 3 rings (SSSR count). The first-order chi connectivity index (χ1) is 11.5. The zero-order chi connectivity index (χ0) is 17.1. The van der Waals surface area contributed by atoms with E-state index < -0.39 is 4.92 Å². The molecule has 1 fully saturated rings. The van der Waals surface area contributed by atoms with Gasteiger partial charge in [0.1, 0.15) is 4.32 Å². The van der Waals surface area contributed by atoms with Crippen molar-refractivity contribution < 1.29 is 9.72 Å². The summed E-state index contributed by atoms with van der Waals surface area (Å²) >= 11 is 6.50. The minimum atomic E-state index is -0.470. The second-order valence-electron chi connectivity index (χ2n) is 4.77. The van der Waals surface area contributed by atoms with Crippen molar-refractivity contribution >= 4 is 57.0 Å². The first-order valence-electron chi connectivity index (χ1n) is 6.80. The van der Waals surface area contributed by atoms with E-state index >= 15 is 0 Å². The minimum absolute atomic E-state index is 0.00224. The fourth-order valence-electron chi connectivity index (χ4n) is 2.03. The van der Waals surface area contributed by atoms with Crippen molar-refractivity contribution in [2.45, 2.75) is 0 Å². The van der Waals surface area contributed by atoms with Crippen LogP contribution < -0.4 is 4.90 Å². The van der Waals surface area contributed by atoms with Gasteiger partial charge in [-0.2, -0.15) is 10.2 Å². The van der Waals surface area contributed by atoms with E-state index in [4.69, 9.17) is 12.2 Å². The number of non-ortho nitro benzene ring substituents is 1. The van der Waals surface area contributed by atoms with Crippen molar-refractivity contribution in [2.75, 3.05) is 10.7 Å². The summed E-state index contributed by atoms with van der Waals surface area (Å²) in [7, 11) is 0. The SMILES string of the molecule is O=C1CSC(=S)N1c1ccc(/N=N/c2ccc([N+](=O)[O-])cc2)cc1. The number of thioether (sulfide) groups is 1. The van der Waals surface area contributed by atoms with Crippen LogP contribution in [0.15, 0.2) is 58.8 Å². The highest BCUT2D eigenvalue weighted by molar-refractivity contribution is 8.24. The molecule has 24 heavy (non-hydrogen) atoms. The zero-order valence-electron chi connectivity index (χ0n) is 12.2. The Kier molecular flexibility index (Phi) is 4.63. The molecule has 9 heteroatoms. The van der Waals surface area contributed by atoms with Gasteiger partial charge >= 0.3 is 0 Å². The highest BCUT2D eigenvalue weighted by Crippen LogP contribution is 2.29. The number of nitro benzene ring substituents is 1. The van der Waals surface area contributed by atoms with Gasteiger partial charge in [-0.1, -0.05) is 24.0 Å². The second kappa shape index (κ2) is 6.85. The van der Waals surface area contributed by atoms with E-state index in [0.29, 0.717) is 27.1 Å². The van der Waals surface area contributed by atoms with Crippen LogP contribution in [0.4, 0.5) is 22.7 Å². The summed E-state index contributed by atoms with van der Waals surface area (Å²) in [4.78, 5) is 23.4. The molecule has 0 spiro atoms. The molecule has 0 atom stereocenters. The Bertz CT molecular complexity index is 819. The van der Waals surface area contributed by atoms with Crippen molar-refractivity contribution in [1.82, 2.24) is 0 Å². The van der Waals surface area contributed by atoms with Crippen LogP contribution in [0.3, 0.4) is 0 Å². The third-order valence-electron chi connectivity index (χ3n) is 3.20. The van der Waals surface area contributed by atoms with Crippen LogP contribution in [0.2, 0.25) is 0 Å². The molecule has 0 bridgehead atoms. The number of hydrogen-bond acceptors (Lipinski definition) is 7. The third kappa shape index (κ3) is 3.47. The molecule has 0 aliphatic carbocycles. The number of carbonyl (C=O) groups is 1. The number of amides is 1. The van der Waals surface area contributed by atoms with Gasteiger partial charge in [-0.25, -0.2) is 0 Å². The largest absolute Gasteiger partial charge is 0.273 e. The maximum atomic E-state index is 11.8. The molecule has 1 aliphatic rings. The van der Waals surface area contributed by atoms with Gasteiger partial charge in [0.15, 0.2) is 0 Å². The predicted octanol–water partition coefficient (Wildman–Crippen LogP) is 4.37. The molecule has 0 saturated carbocycles. The van der Waals surface area contributed by atoms with E-state index in [9.17, 15) is 14.9 Å². The Labute approximate surface area is 146 Å². The molecule has 7 nitrogen and oxygen atoms in total. The summed E-state index contributed by atoms with van der Waals surface area (Å²) in [6, 6.07) is 12.7. The lowest BCUT2D eigenvalue weighted by Crippen LogP contribution is -2.27. The van der Waals surface area contributed by atoms with Crippen LogP contribution in [-0.2, 0) is 4.79 Å². The number of azo groups is 1. The third-order valence-corrected chi connectivity index (χ3v) is 4.56. The van der Waals surface area contributed by atoms with Gasteiger partial charge in [0.2, 0.25) is 5.91 Å². The number of anilines is 1. The summed E-state index contributed by atoms with van der Waals surface area (Å²) in [5.74, 6) is 0.325. The van der Waals surface area contributed by atoms with Crippen molar-refractivity contribution in [1.29, 1.82) is 0 Å². The van der Waals surface area contributed by atoms with Gasteiger partial charge < -0.3 is 0 Å². The average molecular weight is 358 g/mol. The quantitative estimate of drug-likeness (QED) is 0.350. The highest BCUT2D eigenvalue weighted by Gasteiger charge is 2.27. The van der Waals surface area contributed by atoms with Crippen LogP contribution >= 0.6 is 24.0 Å². The van der Waals surface area contributed by atoms with E-state index in [2.05, 4.69) is 10.2 Å². The number of benzene rings is 2. The first-order valence-corrected chi connectivity index (χ1v) is 8.20. The molecule has 0 radical (unpaired) electrons. The molecule has 1 saturated heterocycles. The molecule has 1 aliphatic heterocycles. The minimum Gasteiger partial charge on any atom is -0.273 e. The highest BCUT2D eigenvalue weighted by atomic mass is 32.2. The molecule has 0 N–H and O–H groups in total. The van der Waals surface area contributed by atoms with Crippen LogP contribution in [0.5, 0.6) is 0 Å². The molecule has 0 aromatic heterocycles. The number of thiocarbonyl (C=S) groups is 1. The van der Waals surface area contributed by atoms with E-state index in [1.807, 2.05) is 0 Å². The Morgan fingerprint density at radius 3 is 2.04 bits per heavy atom. The van der Waals surface area contributed by atoms with E-state index in [-0.39, 0.29) is 11.6 Å². The molecular formula is C15H10N4O3S2. The molecular weight excluding hydrogens is 348 g/mol. The normalized spacial score (nSPS) is 14.6. The number of nitrogens with zero attached hydrogens (tertiary/aromatic N) is 4. The molecule has 1 heterocycles. The topological polar surface area (TPSA) is 88.2 Å². The predicted molar refractivity (Wildman–Crippen MR) is 96.3 cm³/mol. The smallest absolute Gasteiger partial charge is 0.269 e. The first kappa shape index (κ1) is 16.2. The molecule has 2 aromatic rings. The van der Waals surface area contributed by atoms with Gasteiger partial charge in [0.05, 0.1) is 27.7 Å². The maximum Gasteiger partial charge on any atom is 0.269 e. The summed E-state index contributed by atoms with van der Waals surface area (Å²) in [6.07, 6.45) is 0. The number of carbonyl (C=O) groups excluding carboxylic acids is 1. The lowest BCUT2D eigenvalue weighted by atomic mass is 10.2. The van der Waals surface area contributed by atoms with E-state index in [0.717, 1.165) is 0 Å². The van der Waals surface area contributed by atoms with Crippen LogP contribution in [0, 0.1) is 10.1 Å². The summed E-state index contributed by atoms with van der Waals surface area (Å²) in [6.45, 7) is 0. The molecule has 1 amide bonds. The second-order valence-corrected chi connectivity index (χ2v) is 6.38. The van der Waals surface area contributed by atoms with E-state index in [1.165, 1.54) is 40.9 Å². The standard InChI is InChI=1S/C15H10N4O3S2/c20-14-9-24-15(23)18(14)12-5-1-10(2-6-12)16-17-11-3-7-13(8-4-11)19(21)22/h1-8H,9H2/b17-16+. The number of rotatable bonds is 4. The summed E-state index contributed by atoms with van der Waals surface area (Å²) in [5, 5.41) is 18.7. The Hall–Kier alpha value is -2.65. The lowest BCUT2D eigenvalue weighted by molar-refractivity contribution is -0.384. The van der Waals surface area contributed by atoms with Crippen molar-refractivity contribution in [2.24, 2.45) is 10.2 Å². The van der Waals surface area contributed by atoms with Crippen LogP contribution in [-0.4, -0.2) is 20.9 Å². The van der Waals surface area contributed by atoms with E-state index in [1.54, 1.807) is 24.3 Å². The molecule has 2 aromatic carbocycles. The Morgan fingerprint density at radius 2 is 1.58 bits per heavy atom. The van der Waals surface area contributed by atoms with Crippen molar-refractivity contribution in [3.63, 3.8) is 0 Å². The van der Waals surface area contributed by atoms with Gasteiger partial charge in [-0.3, -0.25) is 19.8 Å². The molecule has 120 valence electrons. The lowest BCUT2D eigenvalue weighted by Gasteiger charge is -2.14. The Morgan fingerprint density at radius 1 is 1.04 bits per heavy atom. The number of hydrogen-bond donors (Lipinski definition) is 0. The van der Waals surface area contributed by atoms with Crippen molar-refractivity contribution in [3.05, 3.63) is 58.6 Å².